The normalized spacial score (nSPS) is 14.4. The Kier molecular flexibility index (Phi) is 5.48. The molecule has 3 aromatic rings. The van der Waals surface area contributed by atoms with Gasteiger partial charge in [0, 0.05) is 50.4 Å². The minimum Gasteiger partial charge on any atom is -0.366 e. The van der Waals surface area contributed by atoms with Crippen LogP contribution in [0.25, 0.3) is 0 Å². The molecule has 1 saturated heterocycles. The second-order valence-corrected chi connectivity index (χ2v) is 7.29. The van der Waals surface area contributed by atoms with Crippen molar-refractivity contribution in [2.75, 3.05) is 36.0 Å². The van der Waals surface area contributed by atoms with Crippen LogP contribution in [0.5, 0.6) is 0 Å². The molecule has 0 bridgehead atoms. The van der Waals surface area contributed by atoms with Crippen LogP contribution in [0.4, 0.5) is 15.9 Å². The zero-order chi connectivity index (χ0) is 18.5. The summed E-state index contributed by atoms with van der Waals surface area (Å²) in [6.07, 6.45) is 5.26. The zero-order valence-corrected chi connectivity index (χ0v) is 15.6. The molecule has 5 nitrogen and oxygen atoms in total. The lowest BCUT2D eigenvalue weighted by atomic mass is 10.2. The van der Waals surface area contributed by atoms with Gasteiger partial charge in [-0.1, -0.05) is 18.2 Å². The first-order valence-corrected chi connectivity index (χ1v) is 9.86. The van der Waals surface area contributed by atoms with Gasteiger partial charge in [-0.25, -0.2) is 14.4 Å². The molecule has 27 heavy (non-hydrogen) atoms. The van der Waals surface area contributed by atoms with Crippen molar-refractivity contribution in [3.8, 4) is 0 Å². The molecule has 1 aliphatic rings. The first kappa shape index (κ1) is 17.7. The second kappa shape index (κ2) is 8.35. The van der Waals surface area contributed by atoms with Crippen molar-refractivity contribution in [1.82, 2.24) is 15.0 Å². The van der Waals surface area contributed by atoms with E-state index in [4.69, 9.17) is 0 Å². The van der Waals surface area contributed by atoms with E-state index in [2.05, 4.69) is 30.8 Å². The Morgan fingerprint density at radius 1 is 0.963 bits per heavy atom. The Morgan fingerprint density at radius 3 is 2.56 bits per heavy atom. The Bertz CT molecular complexity index is 884. The third-order valence-corrected chi connectivity index (χ3v) is 5.53. The van der Waals surface area contributed by atoms with Crippen molar-refractivity contribution < 1.29 is 4.39 Å². The van der Waals surface area contributed by atoms with E-state index in [-0.39, 0.29) is 5.82 Å². The molecule has 4 rings (SSSR count). The molecule has 3 heterocycles. The summed E-state index contributed by atoms with van der Waals surface area (Å²) in [6.45, 7) is 3.14. The lowest BCUT2D eigenvalue weighted by Gasteiger charge is -2.36. The topological polar surface area (TPSA) is 45.2 Å². The molecule has 0 amide bonds. The molecule has 0 saturated carbocycles. The predicted octanol–water partition coefficient (Wildman–Crippen LogP) is 3.63. The molecule has 0 radical (unpaired) electrons. The van der Waals surface area contributed by atoms with Crippen LogP contribution in [0.2, 0.25) is 0 Å². The van der Waals surface area contributed by atoms with Gasteiger partial charge in [-0.05, 0) is 23.8 Å². The number of hydrogen-bond acceptors (Lipinski definition) is 6. The van der Waals surface area contributed by atoms with Crippen LogP contribution < -0.4 is 9.80 Å². The highest BCUT2D eigenvalue weighted by Crippen LogP contribution is 2.25. The minimum atomic E-state index is -0.165. The monoisotopic (exact) mass is 381 g/mol. The van der Waals surface area contributed by atoms with Crippen molar-refractivity contribution in [2.45, 2.75) is 10.8 Å². The summed E-state index contributed by atoms with van der Waals surface area (Å²) in [7, 11) is 0. The number of thioether (sulfide) groups is 1. The molecule has 1 fully saturated rings. The number of benzene rings is 1. The van der Waals surface area contributed by atoms with Crippen LogP contribution >= 0.6 is 11.8 Å². The first-order chi connectivity index (χ1) is 13.3. The van der Waals surface area contributed by atoms with E-state index in [0.717, 1.165) is 42.8 Å². The van der Waals surface area contributed by atoms with Crippen LogP contribution in [0, 0.1) is 5.82 Å². The van der Waals surface area contributed by atoms with Gasteiger partial charge in [0.2, 0.25) is 0 Å². The van der Waals surface area contributed by atoms with Gasteiger partial charge >= 0.3 is 0 Å². The Hall–Kier alpha value is -2.67. The second-order valence-electron chi connectivity index (χ2n) is 6.29. The van der Waals surface area contributed by atoms with E-state index in [1.54, 1.807) is 30.4 Å². The number of piperazine rings is 1. The van der Waals surface area contributed by atoms with Gasteiger partial charge in [0.25, 0.3) is 0 Å². The Morgan fingerprint density at radius 2 is 1.78 bits per heavy atom. The number of hydrogen-bond donors (Lipinski definition) is 0. The molecule has 0 atom stereocenters. The Balaban J connectivity index is 1.38. The summed E-state index contributed by atoms with van der Waals surface area (Å²) in [5.41, 5.74) is 1.84. The summed E-state index contributed by atoms with van der Waals surface area (Å²) in [5.74, 6) is 1.58. The quantitative estimate of drug-likeness (QED) is 0.497. The summed E-state index contributed by atoms with van der Waals surface area (Å²) in [6, 6.07) is 13.0. The van der Waals surface area contributed by atoms with Gasteiger partial charge in [0.15, 0.2) is 0 Å². The molecule has 1 aromatic carbocycles. The third kappa shape index (κ3) is 4.36. The molecule has 0 spiro atoms. The van der Waals surface area contributed by atoms with Crippen LogP contribution in [-0.4, -0.2) is 41.1 Å². The van der Waals surface area contributed by atoms with E-state index in [0.29, 0.717) is 5.69 Å². The molecule has 138 valence electrons. The number of pyridine rings is 1. The fourth-order valence-corrected chi connectivity index (χ4v) is 3.90. The van der Waals surface area contributed by atoms with Crippen molar-refractivity contribution in [2.24, 2.45) is 0 Å². The first-order valence-electron chi connectivity index (χ1n) is 8.88. The SMILES string of the molecule is Fc1ccccc1N1CCN(c2cc(SCc3cccnc3)ncn2)CC1. The van der Waals surface area contributed by atoms with Gasteiger partial charge in [0.05, 0.1) is 5.69 Å². The standard InChI is InChI=1S/C20H20FN5S/c21-17-5-1-2-6-18(17)25-8-10-26(11-9-25)19-12-20(24-15-23-19)27-14-16-4-3-7-22-13-16/h1-7,12-13,15H,8-11,14H2. The van der Waals surface area contributed by atoms with Gasteiger partial charge < -0.3 is 9.80 Å². The van der Waals surface area contributed by atoms with E-state index < -0.39 is 0 Å². The average molecular weight is 381 g/mol. The van der Waals surface area contributed by atoms with Crippen molar-refractivity contribution in [1.29, 1.82) is 0 Å². The number of nitrogens with zero attached hydrogens (tertiary/aromatic N) is 5. The maximum atomic E-state index is 14.0. The summed E-state index contributed by atoms with van der Waals surface area (Å²) in [4.78, 5) is 17.3. The molecule has 0 N–H and O–H groups in total. The number of anilines is 2. The van der Waals surface area contributed by atoms with Crippen LogP contribution in [-0.2, 0) is 5.75 Å². The van der Waals surface area contributed by atoms with E-state index in [1.807, 2.05) is 30.5 Å². The van der Waals surface area contributed by atoms with Crippen molar-refractivity contribution in [3.63, 3.8) is 0 Å². The molecule has 1 aliphatic heterocycles. The largest absolute Gasteiger partial charge is 0.366 e. The molecular weight excluding hydrogens is 361 g/mol. The van der Waals surface area contributed by atoms with Gasteiger partial charge in [-0.2, -0.15) is 0 Å². The van der Waals surface area contributed by atoms with Crippen molar-refractivity contribution in [3.05, 3.63) is 72.6 Å². The predicted molar refractivity (Wildman–Crippen MR) is 107 cm³/mol. The Labute approximate surface area is 162 Å². The summed E-state index contributed by atoms with van der Waals surface area (Å²) in [5, 5.41) is 0.945. The molecule has 0 unspecified atom stereocenters. The van der Waals surface area contributed by atoms with Gasteiger partial charge in [-0.3, -0.25) is 4.98 Å². The minimum absolute atomic E-state index is 0.165. The third-order valence-electron chi connectivity index (χ3n) is 4.53. The average Bonchev–Trinajstić information content (AvgIpc) is 2.74. The highest BCUT2D eigenvalue weighted by atomic mass is 32.2. The highest BCUT2D eigenvalue weighted by Gasteiger charge is 2.20. The number of rotatable bonds is 5. The maximum Gasteiger partial charge on any atom is 0.146 e. The zero-order valence-electron chi connectivity index (χ0n) is 14.8. The van der Waals surface area contributed by atoms with Crippen LogP contribution in [0.1, 0.15) is 5.56 Å². The number of halogens is 1. The highest BCUT2D eigenvalue weighted by molar-refractivity contribution is 7.98. The molecule has 2 aromatic heterocycles. The summed E-state index contributed by atoms with van der Waals surface area (Å²) >= 11 is 1.67. The van der Waals surface area contributed by atoms with E-state index >= 15 is 0 Å². The van der Waals surface area contributed by atoms with E-state index in [9.17, 15) is 4.39 Å². The van der Waals surface area contributed by atoms with Crippen LogP contribution in [0.15, 0.2) is 66.2 Å². The van der Waals surface area contributed by atoms with E-state index in [1.165, 1.54) is 11.6 Å². The molecule has 7 heteroatoms. The summed E-state index contributed by atoms with van der Waals surface area (Å²) < 4.78 is 14.0. The maximum absolute atomic E-state index is 14.0. The molecular formula is C20H20FN5S. The van der Waals surface area contributed by atoms with Crippen molar-refractivity contribution >= 4 is 23.3 Å². The smallest absolute Gasteiger partial charge is 0.146 e. The number of aromatic nitrogens is 3. The lowest BCUT2D eigenvalue weighted by molar-refractivity contribution is 0.595. The fourth-order valence-electron chi connectivity index (χ4n) is 3.11. The number of para-hydroxylation sites is 1. The lowest BCUT2D eigenvalue weighted by Crippen LogP contribution is -2.47. The van der Waals surface area contributed by atoms with Crippen LogP contribution in [0.3, 0.4) is 0 Å². The van der Waals surface area contributed by atoms with Gasteiger partial charge in [-0.15, -0.1) is 11.8 Å². The fraction of sp³-hybridized carbons (Fsp3) is 0.250. The molecule has 0 aliphatic carbocycles. The van der Waals surface area contributed by atoms with Gasteiger partial charge in [0.1, 0.15) is 23.0 Å².